The molecule has 0 bridgehead atoms. The van der Waals surface area contributed by atoms with E-state index < -0.39 is 0 Å². The molecule has 1 saturated heterocycles. The van der Waals surface area contributed by atoms with Gasteiger partial charge in [-0.3, -0.25) is 0 Å². The second-order valence-electron chi connectivity index (χ2n) is 6.54. The summed E-state index contributed by atoms with van der Waals surface area (Å²) in [5.41, 5.74) is 0. The summed E-state index contributed by atoms with van der Waals surface area (Å²) in [4.78, 5) is 5.04. The third-order valence-corrected chi connectivity index (χ3v) is 4.88. The van der Waals surface area contributed by atoms with Crippen molar-refractivity contribution in [2.45, 2.75) is 44.9 Å². The fourth-order valence-electron chi connectivity index (χ4n) is 3.41. The van der Waals surface area contributed by atoms with Crippen molar-refractivity contribution in [2.75, 3.05) is 52.9 Å². The van der Waals surface area contributed by atoms with E-state index in [1.165, 1.54) is 90.8 Å². The Hall–Kier alpha value is -0.120. The van der Waals surface area contributed by atoms with Crippen LogP contribution in [-0.2, 0) is 0 Å². The van der Waals surface area contributed by atoms with Crippen LogP contribution in [0.4, 0.5) is 0 Å². The molecular weight excluding hydrogens is 234 g/mol. The lowest BCUT2D eigenvalue weighted by atomic mass is 9.87. The Bertz CT molecular complexity index is 218. The van der Waals surface area contributed by atoms with E-state index in [2.05, 4.69) is 22.2 Å². The number of nitrogens with zero attached hydrogens (tertiary/aromatic N) is 2. The van der Waals surface area contributed by atoms with E-state index in [-0.39, 0.29) is 0 Å². The highest BCUT2D eigenvalue weighted by Crippen LogP contribution is 2.25. The first-order valence-electron chi connectivity index (χ1n) is 8.46. The van der Waals surface area contributed by atoms with Gasteiger partial charge >= 0.3 is 0 Å². The van der Waals surface area contributed by atoms with Gasteiger partial charge in [-0.2, -0.15) is 0 Å². The van der Waals surface area contributed by atoms with Crippen molar-refractivity contribution < 1.29 is 0 Å². The number of rotatable bonds is 7. The minimum Gasteiger partial charge on any atom is -0.317 e. The summed E-state index contributed by atoms with van der Waals surface area (Å²) < 4.78 is 0. The fraction of sp³-hybridized carbons (Fsp3) is 1.00. The van der Waals surface area contributed by atoms with Crippen molar-refractivity contribution in [3.8, 4) is 0 Å². The number of likely N-dealkylation sites (N-methyl/N-ethyl adjacent to an activating group) is 1. The summed E-state index contributed by atoms with van der Waals surface area (Å²) in [5, 5.41) is 3.64. The van der Waals surface area contributed by atoms with Gasteiger partial charge in [-0.25, -0.2) is 0 Å². The second kappa shape index (κ2) is 8.93. The smallest absolute Gasteiger partial charge is 0.0110 e. The lowest BCUT2D eigenvalue weighted by Crippen LogP contribution is -2.45. The van der Waals surface area contributed by atoms with Crippen LogP contribution in [-0.4, -0.2) is 62.7 Å². The standard InChI is InChI=1S/C16H33N3/c1-18-12-14-19(15-13-18)11-5-9-17-10-8-16-6-3-2-4-7-16/h16-17H,2-15H2,1H3. The van der Waals surface area contributed by atoms with Gasteiger partial charge in [-0.15, -0.1) is 0 Å². The van der Waals surface area contributed by atoms with Crippen molar-refractivity contribution in [1.29, 1.82) is 0 Å². The van der Waals surface area contributed by atoms with Gasteiger partial charge in [0.15, 0.2) is 0 Å². The van der Waals surface area contributed by atoms with Crippen molar-refractivity contribution in [1.82, 2.24) is 15.1 Å². The average Bonchev–Trinajstić information content (AvgIpc) is 2.46. The van der Waals surface area contributed by atoms with Crippen LogP contribution in [0.25, 0.3) is 0 Å². The van der Waals surface area contributed by atoms with Gasteiger partial charge in [0, 0.05) is 26.2 Å². The van der Waals surface area contributed by atoms with Gasteiger partial charge in [-0.1, -0.05) is 32.1 Å². The summed E-state index contributed by atoms with van der Waals surface area (Å²) >= 11 is 0. The molecule has 0 aromatic carbocycles. The van der Waals surface area contributed by atoms with E-state index in [1.54, 1.807) is 0 Å². The van der Waals surface area contributed by atoms with E-state index in [0.717, 1.165) is 5.92 Å². The molecule has 0 radical (unpaired) electrons. The molecule has 2 fully saturated rings. The minimum atomic E-state index is 1.03. The van der Waals surface area contributed by atoms with Gasteiger partial charge in [0.1, 0.15) is 0 Å². The third-order valence-electron chi connectivity index (χ3n) is 4.88. The van der Waals surface area contributed by atoms with E-state index in [0.29, 0.717) is 0 Å². The summed E-state index contributed by atoms with van der Waals surface area (Å²) in [5.74, 6) is 1.03. The topological polar surface area (TPSA) is 18.5 Å². The maximum Gasteiger partial charge on any atom is 0.0110 e. The van der Waals surface area contributed by atoms with Crippen LogP contribution >= 0.6 is 0 Å². The van der Waals surface area contributed by atoms with Gasteiger partial charge < -0.3 is 15.1 Å². The number of hydrogen-bond donors (Lipinski definition) is 1. The summed E-state index contributed by atoms with van der Waals surface area (Å²) in [6.45, 7) is 8.75. The molecule has 0 aromatic rings. The highest BCUT2D eigenvalue weighted by Gasteiger charge is 2.13. The molecular formula is C16H33N3. The number of nitrogens with one attached hydrogen (secondary N) is 1. The molecule has 0 atom stereocenters. The first-order valence-corrected chi connectivity index (χ1v) is 8.46. The van der Waals surface area contributed by atoms with Crippen molar-refractivity contribution >= 4 is 0 Å². The van der Waals surface area contributed by atoms with Crippen molar-refractivity contribution in [3.05, 3.63) is 0 Å². The average molecular weight is 267 g/mol. The van der Waals surface area contributed by atoms with Crippen LogP contribution in [0.15, 0.2) is 0 Å². The summed E-state index contributed by atoms with van der Waals surface area (Å²) in [7, 11) is 2.23. The molecule has 19 heavy (non-hydrogen) atoms. The predicted octanol–water partition coefficient (Wildman–Crippen LogP) is 2.18. The van der Waals surface area contributed by atoms with Gasteiger partial charge in [0.2, 0.25) is 0 Å². The largest absolute Gasteiger partial charge is 0.317 e. The van der Waals surface area contributed by atoms with E-state index in [9.17, 15) is 0 Å². The zero-order valence-corrected chi connectivity index (χ0v) is 12.9. The van der Waals surface area contributed by atoms with Crippen molar-refractivity contribution in [3.63, 3.8) is 0 Å². The first-order chi connectivity index (χ1) is 9.34. The Labute approximate surface area is 119 Å². The molecule has 1 N–H and O–H groups in total. The Morgan fingerprint density at radius 2 is 1.68 bits per heavy atom. The molecule has 1 aliphatic carbocycles. The van der Waals surface area contributed by atoms with Crippen LogP contribution in [0.2, 0.25) is 0 Å². The van der Waals surface area contributed by atoms with Crippen LogP contribution in [0, 0.1) is 5.92 Å². The molecule has 2 aliphatic rings. The molecule has 3 heteroatoms. The normalized spacial score (nSPS) is 23.8. The summed E-state index contributed by atoms with van der Waals surface area (Å²) in [6, 6.07) is 0. The van der Waals surface area contributed by atoms with Crippen LogP contribution in [0.5, 0.6) is 0 Å². The molecule has 112 valence electrons. The zero-order valence-electron chi connectivity index (χ0n) is 12.9. The van der Waals surface area contributed by atoms with Gasteiger partial charge in [-0.05, 0) is 45.4 Å². The lowest BCUT2D eigenvalue weighted by molar-refractivity contribution is 0.152. The molecule has 0 aromatic heterocycles. The quantitative estimate of drug-likeness (QED) is 0.713. The van der Waals surface area contributed by atoms with E-state index in [1.807, 2.05) is 0 Å². The zero-order chi connectivity index (χ0) is 13.3. The van der Waals surface area contributed by atoms with E-state index >= 15 is 0 Å². The van der Waals surface area contributed by atoms with E-state index in [4.69, 9.17) is 0 Å². The molecule has 0 amide bonds. The Kier molecular flexibility index (Phi) is 7.18. The molecule has 1 heterocycles. The van der Waals surface area contributed by atoms with Crippen LogP contribution < -0.4 is 5.32 Å². The SMILES string of the molecule is CN1CCN(CCCNCCC2CCCCC2)CC1. The first kappa shape index (κ1) is 15.3. The second-order valence-corrected chi connectivity index (χ2v) is 6.54. The molecule has 2 rings (SSSR count). The van der Waals surface area contributed by atoms with Gasteiger partial charge in [0.25, 0.3) is 0 Å². The third kappa shape index (κ3) is 6.24. The van der Waals surface area contributed by atoms with Crippen LogP contribution in [0.1, 0.15) is 44.9 Å². The number of piperazine rings is 1. The fourth-order valence-corrected chi connectivity index (χ4v) is 3.41. The van der Waals surface area contributed by atoms with Crippen molar-refractivity contribution in [2.24, 2.45) is 5.92 Å². The number of hydrogen-bond acceptors (Lipinski definition) is 3. The molecule has 0 unspecified atom stereocenters. The molecule has 0 spiro atoms. The maximum atomic E-state index is 3.64. The Morgan fingerprint density at radius 3 is 2.42 bits per heavy atom. The minimum absolute atomic E-state index is 1.03. The molecule has 3 nitrogen and oxygen atoms in total. The monoisotopic (exact) mass is 267 g/mol. The lowest BCUT2D eigenvalue weighted by Gasteiger charge is -2.32. The molecule has 1 aliphatic heterocycles. The maximum absolute atomic E-state index is 3.64. The predicted molar refractivity (Wildman–Crippen MR) is 82.6 cm³/mol. The van der Waals surface area contributed by atoms with Crippen LogP contribution in [0.3, 0.4) is 0 Å². The van der Waals surface area contributed by atoms with Gasteiger partial charge in [0.05, 0.1) is 0 Å². The highest BCUT2D eigenvalue weighted by atomic mass is 15.2. The Balaban J connectivity index is 1.39. The summed E-state index contributed by atoms with van der Waals surface area (Å²) in [6.07, 6.45) is 10.1. The Morgan fingerprint density at radius 1 is 0.947 bits per heavy atom. The highest BCUT2D eigenvalue weighted by molar-refractivity contribution is 4.70. The molecule has 1 saturated carbocycles.